The number of hydrogen-bond donors (Lipinski definition) is 0. The molecule has 0 bridgehead atoms. The first-order valence-corrected chi connectivity index (χ1v) is 9.53. The van der Waals surface area contributed by atoms with Crippen LogP contribution in [0.2, 0.25) is 0 Å². The Morgan fingerprint density at radius 3 is 2.17 bits per heavy atom. The Morgan fingerprint density at radius 1 is 0.870 bits per heavy atom. The van der Waals surface area contributed by atoms with Gasteiger partial charge in [0.1, 0.15) is 12.3 Å². The van der Waals surface area contributed by atoms with Gasteiger partial charge < -0.3 is 5.48 Å². The molecule has 0 spiro atoms. The fraction of sp³-hybridized carbons (Fsp3) is 0.900. The topological polar surface area (TPSA) is 31.5 Å². The van der Waals surface area contributed by atoms with Crippen LogP contribution in [0.15, 0.2) is 11.6 Å². The van der Waals surface area contributed by atoms with E-state index < -0.39 is 12.3 Å². The van der Waals surface area contributed by atoms with Crippen LogP contribution >= 0.6 is 0 Å². The summed E-state index contributed by atoms with van der Waals surface area (Å²) in [5, 5.41) is 0. The Balaban J connectivity index is 0.00000144. The molecule has 0 radical (unpaired) electrons. The van der Waals surface area contributed by atoms with Gasteiger partial charge in [0.25, 0.3) is 0 Å². The van der Waals surface area contributed by atoms with Crippen LogP contribution in [0, 0.1) is 29.6 Å². The molecule has 0 aromatic heterocycles. The highest BCUT2D eigenvalue weighted by Crippen LogP contribution is 2.46. The van der Waals surface area contributed by atoms with E-state index in [2.05, 4.69) is 19.9 Å². The summed E-state index contributed by atoms with van der Waals surface area (Å²) in [5.74, 6) is 1.79. The van der Waals surface area contributed by atoms with Gasteiger partial charge >= 0.3 is 0 Å². The molecule has 0 heterocycles. The van der Waals surface area contributed by atoms with Gasteiger partial charge in [-0.25, -0.2) is 8.78 Å². The Hall–Kier alpha value is -0.440. The minimum atomic E-state index is -1.25. The second-order valence-electron chi connectivity index (χ2n) is 8.42. The van der Waals surface area contributed by atoms with E-state index in [4.69, 9.17) is 0 Å². The predicted molar refractivity (Wildman–Crippen MR) is 94.0 cm³/mol. The molecule has 0 aliphatic heterocycles. The van der Waals surface area contributed by atoms with E-state index in [9.17, 15) is 8.78 Å². The van der Waals surface area contributed by atoms with Crippen molar-refractivity contribution >= 4 is 0 Å². The average Bonchev–Trinajstić information content (AvgIpc) is 2.52. The molecule has 3 aliphatic rings. The molecule has 3 aliphatic carbocycles. The Morgan fingerprint density at radius 2 is 1.57 bits per heavy atom. The van der Waals surface area contributed by atoms with Crippen LogP contribution in [0.1, 0.15) is 73.1 Å². The zero-order chi connectivity index (χ0) is 15.7. The summed E-state index contributed by atoms with van der Waals surface area (Å²) in [4.78, 5) is 0. The van der Waals surface area contributed by atoms with Gasteiger partial charge in [0.2, 0.25) is 0 Å². The molecular formula is C20H36F2O. The van der Waals surface area contributed by atoms with E-state index >= 15 is 0 Å². The minimum Gasteiger partial charge on any atom is -0.412 e. The molecule has 5 unspecified atom stereocenters. The summed E-state index contributed by atoms with van der Waals surface area (Å²) in [6, 6.07) is 0. The third-order valence-corrected chi connectivity index (χ3v) is 6.76. The van der Waals surface area contributed by atoms with Crippen molar-refractivity contribution in [3.63, 3.8) is 0 Å². The molecule has 2 fully saturated rings. The van der Waals surface area contributed by atoms with Crippen LogP contribution in [0.5, 0.6) is 0 Å². The zero-order valence-electron chi connectivity index (χ0n) is 14.7. The number of allylic oxidation sites excluding steroid dienone is 2. The smallest absolute Gasteiger partial charge is 0.138 e. The minimum absolute atomic E-state index is 0. The highest BCUT2D eigenvalue weighted by atomic mass is 19.2. The molecule has 23 heavy (non-hydrogen) atoms. The van der Waals surface area contributed by atoms with Crippen molar-refractivity contribution in [2.75, 3.05) is 0 Å². The lowest BCUT2D eigenvalue weighted by atomic mass is 9.66. The quantitative estimate of drug-likeness (QED) is 0.583. The Labute approximate surface area is 141 Å². The van der Waals surface area contributed by atoms with E-state index in [0.29, 0.717) is 11.8 Å². The standard InChI is InChI=1S/C20H32F2.H2O.H2/c1-13-3-7-15(8-4-13)17-11-12-18(20(22)19(17)21)16-9-5-14(2)6-10-16;;/h7,13-14,16-20H,3-6,8-12H2,1-2H3;1H2;1H. The lowest BCUT2D eigenvalue weighted by Gasteiger charge is -2.42. The summed E-state index contributed by atoms with van der Waals surface area (Å²) in [5.41, 5.74) is 1.23. The first-order valence-electron chi connectivity index (χ1n) is 9.53. The summed E-state index contributed by atoms with van der Waals surface area (Å²) in [6.07, 6.45) is 9.36. The summed E-state index contributed by atoms with van der Waals surface area (Å²) >= 11 is 0. The van der Waals surface area contributed by atoms with Gasteiger partial charge in [-0.15, -0.1) is 0 Å². The lowest BCUT2D eigenvalue weighted by Crippen LogP contribution is -2.42. The van der Waals surface area contributed by atoms with Crippen molar-refractivity contribution in [2.45, 2.75) is 84.0 Å². The van der Waals surface area contributed by atoms with Gasteiger partial charge in [0.05, 0.1) is 0 Å². The summed E-state index contributed by atoms with van der Waals surface area (Å²) < 4.78 is 29.6. The molecule has 0 aromatic carbocycles. The van der Waals surface area contributed by atoms with Crippen LogP contribution in [-0.4, -0.2) is 17.8 Å². The Kier molecular flexibility index (Phi) is 6.65. The normalized spacial score (nSPS) is 45.0. The summed E-state index contributed by atoms with van der Waals surface area (Å²) in [7, 11) is 0. The third-order valence-electron chi connectivity index (χ3n) is 6.76. The van der Waals surface area contributed by atoms with E-state index in [1.807, 2.05) is 0 Å². The molecule has 3 rings (SSSR count). The Bertz CT molecular complexity index is 406. The molecule has 136 valence electrons. The maximum Gasteiger partial charge on any atom is 0.138 e. The van der Waals surface area contributed by atoms with Crippen LogP contribution in [0.4, 0.5) is 8.78 Å². The number of rotatable bonds is 2. The molecule has 2 N–H and O–H groups in total. The molecule has 3 heteroatoms. The van der Waals surface area contributed by atoms with Crippen LogP contribution < -0.4 is 0 Å². The van der Waals surface area contributed by atoms with Gasteiger partial charge in [0, 0.05) is 7.34 Å². The van der Waals surface area contributed by atoms with Gasteiger partial charge in [-0.05, 0) is 68.6 Å². The van der Waals surface area contributed by atoms with Crippen molar-refractivity contribution in [3.05, 3.63) is 11.6 Å². The highest BCUT2D eigenvalue weighted by molar-refractivity contribution is 5.15. The van der Waals surface area contributed by atoms with Crippen molar-refractivity contribution in [1.29, 1.82) is 0 Å². The van der Waals surface area contributed by atoms with E-state index in [0.717, 1.165) is 50.9 Å². The van der Waals surface area contributed by atoms with E-state index in [-0.39, 0.29) is 18.7 Å². The maximum atomic E-state index is 14.8. The van der Waals surface area contributed by atoms with Gasteiger partial charge in [-0.3, -0.25) is 0 Å². The second kappa shape index (κ2) is 8.09. The van der Waals surface area contributed by atoms with Crippen molar-refractivity contribution < 1.29 is 15.7 Å². The second-order valence-corrected chi connectivity index (χ2v) is 8.42. The predicted octanol–water partition coefficient (Wildman–Crippen LogP) is 5.68. The fourth-order valence-corrected chi connectivity index (χ4v) is 5.07. The van der Waals surface area contributed by atoms with Crippen molar-refractivity contribution in [2.24, 2.45) is 29.6 Å². The maximum absolute atomic E-state index is 14.8. The highest BCUT2D eigenvalue weighted by Gasteiger charge is 2.44. The zero-order valence-corrected chi connectivity index (χ0v) is 14.7. The molecule has 1 nitrogen and oxygen atoms in total. The first-order chi connectivity index (χ1) is 10.6. The van der Waals surface area contributed by atoms with E-state index in [1.165, 1.54) is 18.4 Å². The molecular weight excluding hydrogens is 294 g/mol. The number of alkyl halides is 2. The van der Waals surface area contributed by atoms with Gasteiger partial charge in [-0.1, -0.05) is 38.3 Å². The van der Waals surface area contributed by atoms with Crippen LogP contribution in [0.25, 0.3) is 0 Å². The van der Waals surface area contributed by atoms with Crippen LogP contribution in [0.3, 0.4) is 0 Å². The van der Waals surface area contributed by atoms with Crippen molar-refractivity contribution in [3.8, 4) is 0 Å². The number of hydrogen-bond acceptors (Lipinski definition) is 0. The average molecular weight is 331 g/mol. The lowest BCUT2D eigenvalue weighted by molar-refractivity contribution is -0.00246. The van der Waals surface area contributed by atoms with Gasteiger partial charge in [0.15, 0.2) is 0 Å². The summed E-state index contributed by atoms with van der Waals surface area (Å²) in [6.45, 7) is 4.54. The largest absolute Gasteiger partial charge is 0.412 e. The molecule has 2 saturated carbocycles. The first kappa shape index (κ1) is 18.9. The molecule has 0 aromatic rings. The van der Waals surface area contributed by atoms with Gasteiger partial charge in [-0.2, -0.15) is 0 Å². The van der Waals surface area contributed by atoms with Crippen LogP contribution in [-0.2, 0) is 0 Å². The molecule has 5 atom stereocenters. The SMILES string of the molecule is CC1CC=C(C2CCC(C3CCC(C)CC3)C(F)C2F)CC1.O.[HH]. The molecule has 0 amide bonds. The molecule has 0 saturated heterocycles. The van der Waals surface area contributed by atoms with Crippen molar-refractivity contribution in [1.82, 2.24) is 0 Å². The fourth-order valence-electron chi connectivity index (χ4n) is 5.07. The number of halogens is 2. The third kappa shape index (κ3) is 4.15. The van der Waals surface area contributed by atoms with E-state index in [1.54, 1.807) is 0 Å². The monoisotopic (exact) mass is 330 g/mol.